The van der Waals surface area contributed by atoms with Crippen LogP contribution >= 0.6 is 11.6 Å². The highest BCUT2D eigenvalue weighted by Crippen LogP contribution is 2.17. The first-order valence-corrected chi connectivity index (χ1v) is 4.55. The minimum Gasteiger partial charge on any atom is -0.396 e. The van der Waals surface area contributed by atoms with Gasteiger partial charge in [-0.2, -0.15) is 0 Å². The molecule has 0 saturated heterocycles. The predicted molar refractivity (Wildman–Crippen MR) is 52.8 cm³/mol. The minimum absolute atomic E-state index is 0.144. The van der Waals surface area contributed by atoms with Gasteiger partial charge in [-0.15, -0.1) is 0 Å². The number of nitrogens with zero attached hydrogens (tertiary/aromatic N) is 1. The van der Waals surface area contributed by atoms with Gasteiger partial charge in [0.1, 0.15) is 5.15 Å². The van der Waals surface area contributed by atoms with Crippen LogP contribution in [0.25, 0.3) is 0 Å². The topological polar surface area (TPSA) is 45.1 Å². The van der Waals surface area contributed by atoms with Gasteiger partial charge in [-0.3, -0.25) is 0 Å². The molecule has 0 radical (unpaired) electrons. The number of rotatable bonds is 4. The van der Waals surface area contributed by atoms with E-state index in [0.29, 0.717) is 11.6 Å². The molecule has 1 aromatic heterocycles. The standard InChI is InChI=1S/C9H13ClN2O/c1-11-8(3-5-13)7-2-4-12-9(10)6-7/h2,4,6,8,11,13H,3,5H2,1H3. The number of halogens is 1. The molecule has 0 spiro atoms. The molecule has 72 valence electrons. The van der Waals surface area contributed by atoms with Gasteiger partial charge in [-0.1, -0.05) is 11.6 Å². The molecule has 0 aliphatic carbocycles. The maximum Gasteiger partial charge on any atom is 0.129 e. The van der Waals surface area contributed by atoms with E-state index >= 15 is 0 Å². The van der Waals surface area contributed by atoms with Crippen LogP contribution in [0.1, 0.15) is 18.0 Å². The first kappa shape index (κ1) is 10.4. The second kappa shape index (κ2) is 5.17. The quantitative estimate of drug-likeness (QED) is 0.722. The maximum atomic E-state index is 8.81. The summed E-state index contributed by atoms with van der Waals surface area (Å²) in [6.07, 6.45) is 2.34. The van der Waals surface area contributed by atoms with Crippen LogP contribution in [0, 0.1) is 0 Å². The van der Waals surface area contributed by atoms with Crippen LogP contribution in [0.2, 0.25) is 5.15 Å². The van der Waals surface area contributed by atoms with E-state index in [9.17, 15) is 0 Å². The summed E-state index contributed by atoms with van der Waals surface area (Å²) in [5.74, 6) is 0. The largest absolute Gasteiger partial charge is 0.396 e. The Kier molecular flexibility index (Phi) is 4.15. The number of hydrogen-bond donors (Lipinski definition) is 2. The highest BCUT2D eigenvalue weighted by Gasteiger charge is 2.08. The summed E-state index contributed by atoms with van der Waals surface area (Å²) < 4.78 is 0. The zero-order chi connectivity index (χ0) is 9.68. The highest BCUT2D eigenvalue weighted by molar-refractivity contribution is 6.29. The van der Waals surface area contributed by atoms with E-state index in [0.717, 1.165) is 5.56 Å². The molecule has 0 aliphatic heterocycles. The van der Waals surface area contributed by atoms with Crippen LogP contribution in [0.4, 0.5) is 0 Å². The Labute approximate surface area is 82.8 Å². The summed E-state index contributed by atoms with van der Waals surface area (Å²) in [4.78, 5) is 3.89. The summed E-state index contributed by atoms with van der Waals surface area (Å²) in [6.45, 7) is 0.158. The zero-order valence-corrected chi connectivity index (χ0v) is 8.25. The fraction of sp³-hybridized carbons (Fsp3) is 0.444. The second-order valence-electron chi connectivity index (χ2n) is 2.77. The van der Waals surface area contributed by atoms with Crippen molar-refractivity contribution in [3.05, 3.63) is 29.0 Å². The number of pyridine rings is 1. The molecule has 3 nitrogen and oxygen atoms in total. The molecule has 1 atom stereocenters. The van der Waals surface area contributed by atoms with Gasteiger partial charge in [0.15, 0.2) is 0 Å². The zero-order valence-electron chi connectivity index (χ0n) is 7.50. The monoisotopic (exact) mass is 200 g/mol. The Morgan fingerprint density at radius 3 is 3.00 bits per heavy atom. The average Bonchev–Trinajstić information content (AvgIpc) is 2.14. The smallest absolute Gasteiger partial charge is 0.129 e. The molecule has 1 rings (SSSR count). The van der Waals surface area contributed by atoms with Gasteiger partial charge >= 0.3 is 0 Å². The van der Waals surface area contributed by atoms with E-state index in [-0.39, 0.29) is 12.6 Å². The lowest BCUT2D eigenvalue weighted by molar-refractivity contribution is 0.269. The fourth-order valence-corrected chi connectivity index (χ4v) is 1.42. The molecule has 0 fully saturated rings. The van der Waals surface area contributed by atoms with E-state index in [1.165, 1.54) is 0 Å². The SMILES string of the molecule is CNC(CCO)c1ccnc(Cl)c1. The average molecular weight is 201 g/mol. The number of hydrogen-bond acceptors (Lipinski definition) is 3. The Balaban J connectivity index is 2.78. The number of nitrogens with one attached hydrogen (secondary N) is 1. The van der Waals surface area contributed by atoms with Crippen molar-refractivity contribution in [1.29, 1.82) is 0 Å². The summed E-state index contributed by atoms with van der Waals surface area (Å²) in [5, 5.41) is 12.4. The minimum atomic E-state index is 0.144. The third kappa shape index (κ3) is 2.95. The van der Waals surface area contributed by atoms with Crippen LogP contribution in [0.5, 0.6) is 0 Å². The van der Waals surface area contributed by atoms with Crippen molar-refractivity contribution in [3.63, 3.8) is 0 Å². The number of aliphatic hydroxyl groups excluding tert-OH is 1. The van der Waals surface area contributed by atoms with Crippen LogP contribution < -0.4 is 5.32 Å². The molecule has 0 bridgehead atoms. The van der Waals surface area contributed by atoms with Gasteiger partial charge in [0.2, 0.25) is 0 Å². The summed E-state index contributed by atoms with van der Waals surface area (Å²) in [7, 11) is 1.86. The summed E-state index contributed by atoms with van der Waals surface area (Å²) in [5.41, 5.74) is 1.05. The van der Waals surface area contributed by atoms with E-state index in [2.05, 4.69) is 10.3 Å². The molecular weight excluding hydrogens is 188 g/mol. The molecule has 0 amide bonds. The van der Waals surface area contributed by atoms with E-state index in [1.807, 2.05) is 13.1 Å². The van der Waals surface area contributed by atoms with Crippen molar-refractivity contribution in [3.8, 4) is 0 Å². The highest BCUT2D eigenvalue weighted by atomic mass is 35.5. The molecular formula is C9H13ClN2O. The van der Waals surface area contributed by atoms with Crippen molar-refractivity contribution in [1.82, 2.24) is 10.3 Å². The second-order valence-corrected chi connectivity index (χ2v) is 3.15. The lowest BCUT2D eigenvalue weighted by Gasteiger charge is -2.14. The van der Waals surface area contributed by atoms with Crippen LogP contribution in [0.15, 0.2) is 18.3 Å². The Bertz CT molecular complexity index is 268. The summed E-state index contributed by atoms with van der Waals surface area (Å²) >= 11 is 5.74. The van der Waals surface area contributed by atoms with Crippen molar-refractivity contribution in [2.75, 3.05) is 13.7 Å². The molecule has 1 unspecified atom stereocenters. The van der Waals surface area contributed by atoms with Gasteiger partial charge in [0.05, 0.1) is 0 Å². The normalized spacial score (nSPS) is 12.8. The summed E-state index contributed by atoms with van der Waals surface area (Å²) in [6, 6.07) is 3.84. The molecule has 2 N–H and O–H groups in total. The van der Waals surface area contributed by atoms with Gasteiger partial charge in [0, 0.05) is 18.8 Å². The molecule has 0 saturated carbocycles. The van der Waals surface area contributed by atoms with Crippen LogP contribution in [0.3, 0.4) is 0 Å². The lowest BCUT2D eigenvalue weighted by atomic mass is 10.1. The fourth-order valence-electron chi connectivity index (χ4n) is 1.24. The van der Waals surface area contributed by atoms with Gasteiger partial charge in [-0.05, 0) is 31.2 Å². The van der Waals surface area contributed by atoms with Gasteiger partial charge in [0.25, 0.3) is 0 Å². The first-order valence-electron chi connectivity index (χ1n) is 4.17. The molecule has 1 heterocycles. The third-order valence-corrected chi connectivity index (χ3v) is 2.13. The maximum absolute atomic E-state index is 8.81. The van der Waals surface area contributed by atoms with E-state index in [1.54, 1.807) is 12.3 Å². The molecule has 0 aliphatic rings. The molecule has 13 heavy (non-hydrogen) atoms. The molecule has 0 aromatic carbocycles. The Morgan fingerprint density at radius 2 is 2.46 bits per heavy atom. The van der Waals surface area contributed by atoms with E-state index in [4.69, 9.17) is 16.7 Å². The van der Waals surface area contributed by atoms with Crippen molar-refractivity contribution in [2.45, 2.75) is 12.5 Å². The van der Waals surface area contributed by atoms with Gasteiger partial charge in [-0.25, -0.2) is 4.98 Å². The number of aliphatic hydroxyl groups is 1. The predicted octanol–water partition coefficient (Wildman–Crippen LogP) is 1.38. The third-order valence-electron chi connectivity index (χ3n) is 1.92. The molecule has 1 aromatic rings. The van der Waals surface area contributed by atoms with Crippen LogP contribution in [-0.4, -0.2) is 23.7 Å². The van der Waals surface area contributed by atoms with E-state index < -0.39 is 0 Å². The van der Waals surface area contributed by atoms with Crippen molar-refractivity contribution in [2.24, 2.45) is 0 Å². The Hall–Kier alpha value is -0.640. The van der Waals surface area contributed by atoms with Crippen LogP contribution in [-0.2, 0) is 0 Å². The van der Waals surface area contributed by atoms with Crippen molar-refractivity contribution < 1.29 is 5.11 Å². The van der Waals surface area contributed by atoms with Gasteiger partial charge < -0.3 is 10.4 Å². The Morgan fingerprint density at radius 1 is 1.69 bits per heavy atom. The lowest BCUT2D eigenvalue weighted by Crippen LogP contribution is -2.17. The van der Waals surface area contributed by atoms with Crippen molar-refractivity contribution >= 4 is 11.6 Å². The molecule has 4 heteroatoms. The number of aromatic nitrogens is 1. The first-order chi connectivity index (χ1) is 6.27.